The molecule has 0 radical (unpaired) electrons. The first-order valence-electron chi connectivity index (χ1n) is 7.49. The molecule has 1 aromatic carbocycles. The standard InChI is InChI=1S/C17H19BrN2O4/c1-9(2)16-15(11(4)20-24-16)17(22)23-8-14(21)19-12-5-6-13(18)10(3)7-12/h5-7,9H,8H2,1-4H3,(H,19,21). The lowest BCUT2D eigenvalue weighted by Crippen LogP contribution is -2.21. The molecule has 0 aliphatic carbocycles. The highest BCUT2D eigenvalue weighted by Crippen LogP contribution is 2.23. The number of nitrogens with zero attached hydrogens (tertiary/aromatic N) is 1. The summed E-state index contributed by atoms with van der Waals surface area (Å²) in [5, 5.41) is 6.48. The summed E-state index contributed by atoms with van der Waals surface area (Å²) in [6, 6.07) is 5.43. The van der Waals surface area contributed by atoms with Gasteiger partial charge >= 0.3 is 5.97 Å². The Hall–Kier alpha value is -2.15. The first-order chi connectivity index (χ1) is 11.3. The number of esters is 1. The van der Waals surface area contributed by atoms with Crippen LogP contribution in [0.25, 0.3) is 0 Å². The minimum atomic E-state index is -0.611. The zero-order chi connectivity index (χ0) is 17.9. The molecule has 0 atom stereocenters. The molecule has 6 nitrogen and oxygen atoms in total. The van der Waals surface area contributed by atoms with Crippen LogP contribution in [0.15, 0.2) is 27.2 Å². The monoisotopic (exact) mass is 394 g/mol. The first-order valence-corrected chi connectivity index (χ1v) is 8.28. The fourth-order valence-electron chi connectivity index (χ4n) is 2.15. The van der Waals surface area contributed by atoms with Gasteiger partial charge in [-0.05, 0) is 37.6 Å². The van der Waals surface area contributed by atoms with Crippen molar-refractivity contribution >= 4 is 33.5 Å². The maximum Gasteiger partial charge on any atom is 0.344 e. The van der Waals surface area contributed by atoms with Crippen molar-refractivity contribution in [2.45, 2.75) is 33.6 Å². The Morgan fingerprint density at radius 2 is 2.04 bits per heavy atom. The van der Waals surface area contributed by atoms with Gasteiger partial charge in [-0.1, -0.05) is 34.9 Å². The van der Waals surface area contributed by atoms with Gasteiger partial charge in [0.1, 0.15) is 5.56 Å². The molecule has 24 heavy (non-hydrogen) atoms. The number of carbonyl (C=O) groups excluding carboxylic acids is 2. The van der Waals surface area contributed by atoms with E-state index in [1.807, 2.05) is 32.9 Å². The number of aryl methyl sites for hydroxylation is 2. The summed E-state index contributed by atoms with van der Waals surface area (Å²) in [4.78, 5) is 24.1. The first kappa shape index (κ1) is 18.2. The zero-order valence-corrected chi connectivity index (χ0v) is 15.6. The van der Waals surface area contributed by atoms with E-state index in [1.165, 1.54) is 0 Å². The molecule has 0 unspecified atom stereocenters. The molecule has 1 heterocycles. The Bertz CT molecular complexity index is 768. The summed E-state index contributed by atoms with van der Waals surface area (Å²) in [6.07, 6.45) is 0. The van der Waals surface area contributed by atoms with Gasteiger partial charge in [0.05, 0.1) is 5.69 Å². The Morgan fingerprint density at radius 1 is 1.33 bits per heavy atom. The van der Waals surface area contributed by atoms with Gasteiger partial charge < -0.3 is 14.6 Å². The summed E-state index contributed by atoms with van der Waals surface area (Å²) in [6.45, 7) is 6.98. The largest absolute Gasteiger partial charge is 0.452 e. The average molecular weight is 395 g/mol. The second-order valence-corrected chi connectivity index (χ2v) is 6.60. The minimum Gasteiger partial charge on any atom is -0.452 e. The predicted molar refractivity (Wildman–Crippen MR) is 93.1 cm³/mol. The third-order valence-electron chi connectivity index (χ3n) is 3.39. The van der Waals surface area contributed by atoms with E-state index >= 15 is 0 Å². The lowest BCUT2D eigenvalue weighted by molar-refractivity contribution is -0.119. The molecule has 0 saturated heterocycles. The van der Waals surface area contributed by atoms with Crippen molar-refractivity contribution in [2.24, 2.45) is 0 Å². The minimum absolute atomic E-state index is 0.00619. The van der Waals surface area contributed by atoms with Crippen LogP contribution in [0.2, 0.25) is 0 Å². The number of benzene rings is 1. The Labute approximate surface area is 148 Å². The van der Waals surface area contributed by atoms with Gasteiger partial charge in [-0.25, -0.2) is 4.79 Å². The van der Waals surface area contributed by atoms with Crippen molar-refractivity contribution in [3.05, 3.63) is 45.3 Å². The second kappa shape index (κ2) is 7.61. The molecule has 2 aromatic rings. The van der Waals surface area contributed by atoms with Gasteiger partial charge in [-0.2, -0.15) is 0 Å². The number of hydrogen-bond donors (Lipinski definition) is 1. The van der Waals surface area contributed by atoms with Gasteiger partial charge in [0, 0.05) is 16.1 Å². The molecular weight excluding hydrogens is 376 g/mol. The topological polar surface area (TPSA) is 81.4 Å². The number of ether oxygens (including phenoxy) is 1. The van der Waals surface area contributed by atoms with Crippen LogP contribution in [0, 0.1) is 13.8 Å². The van der Waals surface area contributed by atoms with E-state index in [2.05, 4.69) is 26.4 Å². The highest BCUT2D eigenvalue weighted by molar-refractivity contribution is 9.10. The highest BCUT2D eigenvalue weighted by atomic mass is 79.9. The molecule has 0 spiro atoms. The fourth-order valence-corrected chi connectivity index (χ4v) is 2.40. The predicted octanol–water partition coefficient (Wildman–Crippen LogP) is 3.97. The van der Waals surface area contributed by atoms with E-state index in [0.29, 0.717) is 17.1 Å². The summed E-state index contributed by atoms with van der Waals surface area (Å²) in [5.41, 5.74) is 2.37. The number of carbonyl (C=O) groups is 2. The third-order valence-corrected chi connectivity index (χ3v) is 4.28. The SMILES string of the molecule is Cc1cc(NC(=O)COC(=O)c2c(C)noc2C(C)C)ccc1Br. The number of nitrogens with one attached hydrogen (secondary N) is 1. The molecule has 1 N–H and O–H groups in total. The van der Waals surface area contributed by atoms with E-state index in [0.717, 1.165) is 10.0 Å². The summed E-state index contributed by atoms with van der Waals surface area (Å²) >= 11 is 3.40. The van der Waals surface area contributed by atoms with Crippen molar-refractivity contribution in [1.29, 1.82) is 0 Å². The molecule has 0 aliphatic heterocycles. The number of hydrogen-bond acceptors (Lipinski definition) is 5. The lowest BCUT2D eigenvalue weighted by Gasteiger charge is -2.08. The van der Waals surface area contributed by atoms with Crippen LogP contribution in [-0.4, -0.2) is 23.6 Å². The smallest absolute Gasteiger partial charge is 0.344 e. The van der Waals surface area contributed by atoms with Gasteiger partial charge in [-0.15, -0.1) is 0 Å². The van der Waals surface area contributed by atoms with Crippen molar-refractivity contribution < 1.29 is 18.8 Å². The number of rotatable bonds is 5. The van der Waals surface area contributed by atoms with Gasteiger partial charge in [-0.3, -0.25) is 4.79 Å². The molecular formula is C17H19BrN2O4. The highest BCUT2D eigenvalue weighted by Gasteiger charge is 2.24. The molecule has 1 aromatic heterocycles. The normalized spacial score (nSPS) is 10.8. The molecule has 2 rings (SSSR count). The van der Waals surface area contributed by atoms with E-state index in [1.54, 1.807) is 13.0 Å². The van der Waals surface area contributed by atoms with E-state index in [9.17, 15) is 9.59 Å². The second-order valence-electron chi connectivity index (χ2n) is 5.75. The summed E-state index contributed by atoms with van der Waals surface area (Å²) in [5.74, 6) is -0.570. The zero-order valence-electron chi connectivity index (χ0n) is 14.0. The number of halogens is 1. The van der Waals surface area contributed by atoms with Crippen LogP contribution in [0.1, 0.15) is 47.1 Å². The molecule has 0 aliphatic rings. The van der Waals surface area contributed by atoms with Gasteiger partial charge in [0.15, 0.2) is 12.4 Å². The van der Waals surface area contributed by atoms with Crippen molar-refractivity contribution in [3.63, 3.8) is 0 Å². The van der Waals surface area contributed by atoms with Crippen molar-refractivity contribution in [3.8, 4) is 0 Å². The third kappa shape index (κ3) is 4.23. The van der Waals surface area contributed by atoms with Crippen LogP contribution >= 0.6 is 15.9 Å². The molecule has 0 bridgehead atoms. The Kier molecular flexibility index (Phi) is 5.77. The molecule has 0 fully saturated rings. The van der Waals surface area contributed by atoms with Crippen LogP contribution < -0.4 is 5.32 Å². The van der Waals surface area contributed by atoms with E-state index in [4.69, 9.17) is 9.26 Å². The summed E-state index contributed by atoms with van der Waals surface area (Å²) < 4.78 is 11.2. The van der Waals surface area contributed by atoms with Crippen LogP contribution in [-0.2, 0) is 9.53 Å². The number of aromatic nitrogens is 1. The van der Waals surface area contributed by atoms with Crippen LogP contribution in [0.4, 0.5) is 5.69 Å². The molecule has 128 valence electrons. The molecule has 0 saturated carbocycles. The van der Waals surface area contributed by atoms with Gasteiger partial charge in [0.2, 0.25) is 0 Å². The van der Waals surface area contributed by atoms with E-state index in [-0.39, 0.29) is 18.1 Å². The molecule has 1 amide bonds. The Morgan fingerprint density at radius 3 is 2.67 bits per heavy atom. The average Bonchev–Trinajstić information content (AvgIpc) is 2.90. The summed E-state index contributed by atoms with van der Waals surface area (Å²) in [7, 11) is 0. The quantitative estimate of drug-likeness (QED) is 0.775. The number of anilines is 1. The van der Waals surface area contributed by atoms with Crippen molar-refractivity contribution in [1.82, 2.24) is 5.16 Å². The van der Waals surface area contributed by atoms with Gasteiger partial charge in [0.25, 0.3) is 5.91 Å². The molecule has 7 heteroatoms. The maximum atomic E-state index is 12.2. The van der Waals surface area contributed by atoms with Crippen molar-refractivity contribution in [2.75, 3.05) is 11.9 Å². The van der Waals surface area contributed by atoms with Crippen LogP contribution in [0.5, 0.6) is 0 Å². The fraction of sp³-hybridized carbons (Fsp3) is 0.353. The lowest BCUT2D eigenvalue weighted by atomic mass is 10.1. The number of amides is 1. The Balaban J connectivity index is 1.97. The van der Waals surface area contributed by atoms with Crippen LogP contribution in [0.3, 0.4) is 0 Å². The van der Waals surface area contributed by atoms with E-state index < -0.39 is 11.9 Å². The maximum absolute atomic E-state index is 12.2.